The highest BCUT2D eigenvalue weighted by Crippen LogP contribution is 2.21. The molecule has 106 valence electrons. The Labute approximate surface area is 124 Å². The summed E-state index contributed by atoms with van der Waals surface area (Å²) in [6.45, 7) is 1.54. The molecule has 6 heteroatoms. The average molecular weight is 304 g/mol. The molecule has 19 heavy (non-hydrogen) atoms. The van der Waals surface area contributed by atoms with Gasteiger partial charge in [0.05, 0.1) is 10.7 Å². The van der Waals surface area contributed by atoms with Gasteiger partial charge in [-0.3, -0.25) is 0 Å². The van der Waals surface area contributed by atoms with Crippen molar-refractivity contribution in [3.05, 3.63) is 29.3 Å². The monoisotopic (exact) mass is 303 g/mol. The average Bonchev–Trinajstić information content (AvgIpc) is 2.41. The molecule has 0 unspecified atom stereocenters. The van der Waals surface area contributed by atoms with Crippen molar-refractivity contribution in [3.8, 4) is 0 Å². The van der Waals surface area contributed by atoms with Crippen molar-refractivity contribution in [2.45, 2.75) is 18.9 Å². The SMILES string of the molecule is CN[C@@H]1CCCN(C(=O)Nc2ccccc2Cl)C1.Cl. The molecule has 2 N–H and O–H groups in total. The van der Waals surface area contributed by atoms with Gasteiger partial charge in [0.1, 0.15) is 0 Å². The molecule has 2 amide bonds. The number of benzene rings is 1. The number of hydrogen-bond acceptors (Lipinski definition) is 2. The molecule has 0 aromatic heterocycles. The lowest BCUT2D eigenvalue weighted by atomic mass is 10.1. The van der Waals surface area contributed by atoms with Crippen molar-refractivity contribution < 1.29 is 4.79 Å². The maximum absolute atomic E-state index is 12.1. The summed E-state index contributed by atoms with van der Waals surface area (Å²) in [7, 11) is 1.93. The molecule has 1 fully saturated rings. The van der Waals surface area contributed by atoms with Crippen molar-refractivity contribution in [2.24, 2.45) is 0 Å². The van der Waals surface area contributed by atoms with Crippen molar-refractivity contribution >= 4 is 35.7 Å². The summed E-state index contributed by atoms with van der Waals surface area (Å²) in [6, 6.07) is 7.58. The maximum atomic E-state index is 12.1. The van der Waals surface area contributed by atoms with Gasteiger partial charge >= 0.3 is 6.03 Å². The number of para-hydroxylation sites is 1. The van der Waals surface area contributed by atoms with Crippen LogP contribution in [0.25, 0.3) is 0 Å². The van der Waals surface area contributed by atoms with Gasteiger partial charge in [0, 0.05) is 19.1 Å². The zero-order chi connectivity index (χ0) is 13.0. The van der Waals surface area contributed by atoms with Crippen molar-refractivity contribution in [1.82, 2.24) is 10.2 Å². The summed E-state index contributed by atoms with van der Waals surface area (Å²) in [5.74, 6) is 0. The molecular weight excluding hydrogens is 285 g/mol. The standard InChI is InChI=1S/C13H18ClN3O.ClH/c1-15-10-5-4-8-17(9-10)13(18)16-12-7-3-2-6-11(12)14;/h2-3,6-7,10,15H,4-5,8-9H2,1H3,(H,16,18);1H/t10-;/m1./s1. The van der Waals surface area contributed by atoms with Crippen LogP contribution < -0.4 is 10.6 Å². The van der Waals surface area contributed by atoms with Gasteiger partial charge in [0.2, 0.25) is 0 Å². The lowest BCUT2D eigenvalue weighted by Crippen LogP contribution is -2.48. The summed E-state index contributed by atoms with van der Waals surface area (Å²) in [5, 5.41) is 6.63. The number of likely N-dealkylation sites (tertiary alicyclic amines) is 1. The first kappa shape index (κ1) is 16.1. The van der Waals surface area contributed by atoms with Crippen LogP contribution in [0.3, 0.4) is 0 Å². The minimum absolute atomic E-state index is 0. The Balaban J connectivity index is 0.00000180. The first-order valence-electron chi connectivity index (χ1n) is 6.18. The first-order chi connectivity index (χ1) is 8.70. The molecule has 0 aliphatic carbocycles. The number of halogens is 2. The second-order valence-electron chi connectivity index (χ2n) is 4.48. The Hall–Kier alpha value is -0.970. The van der Waals surface area contributed by atoms with E-state index >= 15 is 0 Å². The third-order valence-electron chi connectivity index (χ3n) is 3.23. The lowest BCUT2D eigenvalue weighted by Gasteiger charge is -2.32. The van der Waals surface area contributed by atoms with Crippen LogP contribution in [-0.4, -0.2) is 37.1 Å². The fraction of sp³-hybridized carbons (Fsp3) is 0.462. The smallest absolute Gasteiger partial charge is 0.321 e. The molecule has 0 radical (unpaired) electrons. The zero-order valence-electron chi connectivity index (χ0n) is 10.9. The number of nitrogens with zero attached hydrogens (tertiary/aromatic N) is 1. The number of piperidine rings is 1. The van der Waals surface area contributed by atoms with E-state index in [1.807, 2.05) is 24.1 Å². The van der Waals surface area contributed by atoms with Crippen LogP contribution in [0, 0.1) is 0 Å². The summed E-state index contributed by atoms with van der Waals surface area (Å²) in [5.41, 5.74) is 0.663. The van der Waals surface area contributed by atoms with Crippen LogP contribution in [0.4, 0.5) is 10.5 Å². The zero-order valence-corrected chi connectivity index (χ0v) is 12.4. The van der Waals surface area contributed by atoms with E-state index < -0.39 is 0 Å². The van der Waals surface area contributed by atoms with Gasteiger partial charge in [0.25, 0.3) is 0 Å². The highest BCUT2D eigenvalue weighted by molar-refractivity contribution is 6.33. The van der Waals surface area contributed by atoms with E-state index in [0.717, 1.165) is 25.9 Å². The van der Waals surface area contributed by atoms with Gasteiger partial charge < -0.3 is 15.5 Å². The number of nitrogens with one attached hydrogen (secondary N) is 2. The Bertz CT molecular complexity index is 428. The summed E-state index contributed by atoms with van der Waals surface area (Å²) < 4.78 is 0. The second kappa shape index (κ2) is 7.58. The highest BCUT2D eigenvalue weighted by Gasteiger charge is 2.22. The van der Waals surface area contributed by atoms with Gasteiger partial charge in [-0.25, -0.2) is 4.79 Å². The number of urea groups is 1. The predicted octanol–water partition coefficient (Wildman–Crippen LogP) is 2.98. The van der Waals surface area contributed by atoms with Gasteiger partial charge in [-0.2, -0.15) is 0 Å². The van der Waals surface area contributed by atoms with E-state index in [4.69, 9.17) is 11.6 Å². The van der Waals surface area contributed by atoms with E-state index in [0.29, 0.717) is 16.8 Å². The largest absolute Gasteiger partial charge is 0.323 e. The number of carbonyl (C=O) groups is 1. The number of anilines is 1. The van der Waals surface area contributed by atoms with Crippen LogP contribution in [0.2, 0.25) is 5.02 Å². The van der Waals surface area contributed by atoms with E-state index in [1.54, 1.807) is 12.1 Å². The number of rotatable bonds is 2. The summed E-state index contributed by atoms with van der Waals surface area (Å²) in [4.78, 5) is 13.9. The molecule has 1 aliphatic rings. The number of amides is 2. The van der Waals surface area contributed by atoms with E-state index in [9.17, 15) is 4.79 Å². The van der Waals surface area contributed by atoms with Crippen molar-refractivity contribution in [3.63, 3.8) is 0 Å². The third-order valence-corrected chi connectivity index (χ3v) is 3.56. The van der Waals surface area contributed by atoms with Crippen molar-refractivity contribution in [2.75, 3.05) is 25.5 Å². The molecule has 0 spiro atoms. The van der Waals surface area contributed by atoms with E-state index in [-0.39, 0.29) is 18.4 Å². The molecule has 1 aliphatic heterocycles. The van der Waals surface area contributed by atoms with Crippen LogP contribution in [0.15, 0.2) is 24.3 Å². The van der Waals surface area contributed by atoms with Crippen LogP contribution in [0.5, 0.6) is 0 Å². The van der Waals surface area contributed by atoms with Crippen molar-refractivity contribution in [1.29, 1.82) is 0 Å². The number of carbonyl (C=O) groups excluding carboxylic acids is 1. The molecular formula is C13H19Cl2N3O. The van der Waals surface area contributed by atoms with Gasteiger partial charge in [-0.05, 0) is 32.0 Å². The van der Waals surface area contributed by atoms with Crippen LogP contribution in [-0.2, 0) is 0 Å². The van der Waals surface area contributed by atoms with Gasteiger partial charge in [-0.15, -0.1) is 12.4 Å². The fourth-order valence-electron chi connectivity index (χ4n) is 2.15. The molecule has 1 saturated heterocycles. The molecule has 1 aromatic rings. The molecule has 1 aromatic carbocycles. The lowest BCUT2D eigenvalue weighted by molar-refractivity contribution is 0.187. The highest BCUT2D eigenvalue weighted by atomic mass is 35.5. The van der Waals surface area contributed by atoms with Gasteiger partial charge in [0.15, 0.2) is 0 Å². The molecule has 1 atom stereocenters. The quantitative estimate of drug-likeness (QED) is 0.882. The van der Waals surface area contributed by atoms with Gasteiger partial charge in [-0.1, -0.05) is 23.7 Å². The minimum atomic E-state index is -0.0805. The van der Waals surface area contributed by atoms with Crippen LogP contribution in [0.1, 0.15) is 12.8 Å². The summed E-state index contributed by atoms with van der Waals surface area (Å²) in [6.07, 6.45) is 2.15. The van der Waals surface area contributed by atoms with Crippen LogP contribution >= 0.6 is 24.0 Å². The van der Waals surface area contributed by atoms with E-state index in [2.05, 4.69) is 10.6 Å². The fourth-order valence-corrected chi connectivity index (χ4v) is 2.34. The Morgan fingerprint density at radius 2 is 2.16 bits per heavy atom. The number of hydrogen-bond donors (Lipinski definition) is 2. The summed E-state index contributed by atoms with van der Waals surface area (Å²) >= 11 is 6.02. The van der Waals surface area contributed by atoms with E-state index in [1.165, 1.54) is 0 Å². The predicted molar refractivity (Wildman–Crippen MR) is 81.4 cm³/mol. The normalized spacial score (nSPS) is 18.6. The molecule has 2 rings (SSSR count). The minimum Gasteiger partial charge on any atom is -0.323 e. The molecule has 0 bridgehead atoms. The maximum Gasteiger partial charge on any atom is 0.321 e. The molecule has 0 saturated carbocycles. The topological polar surface area (TPSA) is 44.4 Å². The molecule has 1 heterocycles. The Morgan fingerprint density at radius 1 is 1.42 bits per heavy atom. The second-order valence-corrected chi connectivity index (χ2v) is 4.89. The Kier molecular flexibility index (Phi) is 6.42. The third kappa shape index (κ3) is 4.27. The Morgan fingerprint density at radius 3 is 2.84 bits per heavy atom. The number of likely N-dealkylation sites (N-methyl/N-ethyl adjacent to an activating group) is 1. The molecule has 4 nitrogen and oxygen atoms in total. The first-order valence-corrected chi connectivity index (χ1v) is 6.56.